The van der Waals surface area contributed by atoms with Crippen molar-refractivity contribution in [1.82, 2.24) is 4.57 Å². The van der Waals surface area contributed by atoms with Crippen molar-refractivity contribution >= 4 is 11.6 Å². The maximum Gasteiger partial charge on any atom is 0.263 e. The first-order valence-corrected chi connectivity index (χ1v) is 8.18. The molecule has 4 heteroatoms. The van der Waals surface area contributed by atoms with Crippen LogP contribution in [0.5, 0.6) is 0 Å². The lowest BCUT2D eigenvalue weighted by molar-refractivity contribution is 0.102. The SMILES string of the molecule is CCC1CCc2c(cc(C(=O)Nc3ccccc3)c(=O)n2C)C1. The van der Waals surface area contributed by atoms with E-state index in [0.717, 1.165) is 36.9 Å². The Labute approximate surface area is 136 Å². The smallest absolute Gasteiger partial charge is 0.263 e. The number of fused-ring (bicyclic) bond motifs is 1. The number of nitrogens with zero attached hydrogens (tertiary/aromatic N) is 1. The van der Waals surface area contributed by atoms with E-state index in [0.29, 0.717) is 11.6 Å². The molecule has 1 heterocycles. The molecule has 1 aromatic heterocycles. The summed E-state index contributed by atoms with van der Waals surface area (Å²) in [4.78, 5) is 25.0. The van der Waals surface area contributed by atoms with E-state index in [1.54, 1.807) is 17.7 Å². The first kappa shape index (κ1) is 15.5. The summed E-state index contributed by atoms with van der Waals surface area (Å²) in [5.74, 6) is 0.309. The number of benzene rings is 1. The quantitative estimate of drug-likeness (QED) is 0.947. The third kappa shape index (κ3) is 3.07. The van der Waals surface area contributed by atoms with Gasteiger partial charge in [0.05, 0.1) is 0 Å². The van der Waals surface area contributed by atoms with Gasteiger partial charge in [-0.15, -0.1) is 0 Å². The van der Waals surface area contributed by atoms with Crippen molar-refractivity contribution in [2.75, 3.05) is 5.32 Å². The van der Waals surface area contributed by atoms with Gasteiger partial charge in [0, 0.05) is 18.4 Å². The van der Waals surface area contributed by atoms with Crippen molar-refractivity contribution in [3.05, 3.63) is 63.6 Å². The summed E-state index contributed by atoms with van der Waals surface area (Å²) >= 11 is 0. The predicted molar refractivity (Wildman–Crippen MR) is 91.9 cm³/mol. The van der Waals surface area contributed by atoms with E-state index in [1.807, 2.05) is 30.3 Å². The second-order valence-corrected chi connectivity index (χ2v) is 6.23. The number of para-hydroxylation sites is 1. The van der Waals surface area contributed by atoms with Gasteiger partial charge < -0.3 is 9.88 Å². The number of hydrogen-bond donors (Lipinski definition) is 1. The van der Waals surface area contributed by atoms with Gasteiger partial charge in [-0.05, 0) is 48.9 Å². The van der Waals surface area contributed by atoms with E-state index in [2.05, 4.69) is 12.2 Å². The molecule has 3 rings (SSSR count). The fraction of sp³-hybridized carbons (Fsp3) is 0.368. The Kier molecular flexibility index (Phi) is 4.33. The van der Waals surface area contributed by atoms with Crippen LogP contribution in [-0.2, 0) is 19.9 Å². The molecule has 1 unspecified atom stereocenters. The number of carbonyl (C=O) groups is 1. The van der Waals surface area contributed by atoms with E-state index < -0.39 is 0 Å². The summed E-state index contributed by atoms with van der Waals surface area (Å²) in [6.07, 6.45) is 4.12. The first-order valence-electron chi connectivity index (χ1n) is 8.18. The highest BCUT2D eigenvalue weighted by molar-refractivity contribution is 6.04. The van der Waals surface area contributed by atoms with Crippen molar-refractivity contribution in [3.8, 4) is 0 Å². The first-order chi connectivity index (χ1) is 11.1. The van der Waals surface area contributed by atoms with Crippen LogP contribution >= 0.6 is 0 Å². The van der Waals surface area contributed by atoms with Gasteiger partial charge in [-0.3, -0.25) is 9.59 Å². The number of amides is 1. The normalized spacial score (nSPS) is 16.7. The molecule has 1 atom stereocenters. The minimum Gasteiger partial charge on any atom is -0.322 e. The lowest BCUT2D eigenvalue weighted by atomic mass is 9.84. The summed E-state index contributed by atoms with van der Waals surface area (Å²) < 4.78 is 1.65. The number of pyridine rings is 1. The van der Waals surface area contributed by atoms with Crippen molar-refractivity contribution in [1.29, 1.82) is 0 Å². The van der Waals surface area contributed by atoms with Crippen LogP contribution in [0.3, 0.4) is 0 Å². The molecule has 0 spiro atoms. The zero-order valence-electron chi connectivity index (χ0n) is 13.6. The van der Waals surface area contributed by atoms with Crippen LogP contribution in [0.2, 0.25) is 0 Å². The van der Waals surface area contributed by atoms with E-state index in [1.165, 1.54) is 0 Å². The second-order valence-electron chi connectivity index (χ2n) is 6.23. The van der Waals surface area contributed by atoms with Crippen LogP contribution in [0.1, 0.15) is 41.4 Å². The van der Waals surface area contributed by atoms with Gasteiger partial charge in [0.15, 0.2) is 0 Å². The van der Waals surface area contributed by atoms with Crippen molar-refractivity contribution < 1.29 is 4.79 Å². The van der Waals surface area contributed by atoms with Crippen LogP contribution in [0, 0.1) is 5.92 Å². The molecular formula is C19H22N2O2. The number of aromatic nitrogens is 1. The van der Waals surface area contributed by atoms with Crippen molar-refractivity contribution in [3.63, 3.8) is 0 Å². The molecule has 0 bridgehead atoms. The largest absolute Gasteiger partial charge is 0.322 e. The molecule has 0 saturated heterocycles. The van der Waals surface area contributed by atoms with Crippen LogP contribution in [0.4, 0.5) is 5.69 Å². The van der Waals surface area contributed by atoms with Gasteiger partial charge in [0.2, 0.25) is 0 Å². The number of hydrogen-bond acceptors (Lipinski definition) is 2. The van der Waals surface area contributed by atoms with Crippen LogP contribution in [0.25, 0.3) is 0 Å². The molecular weight excluding hydrogens is 288 g/mol. The number of carbonyl (C=O) groups excluding carboxylic acids is 1. The van der Waals surface area contributed by atoms with Crippen molar-refractivity contribution in [2.24, 2.45) is 13.0 Å². The molecule has 0 radical (unpaired) electrons. The maximum atomic E-state index is 12.5. The lowest BCUT2D eigenvalue weighted by Crippen LogP contribution is -2.32. The summed E-state index contributed by atoms with van der Waals surface area (Å²) in [7, 11) is 1.77. The molecule has 23 heavy (non-hydrogen) atoms. The Morgan fingerprint density at radius 3 is 2.74 bits per heavy atom. The second kappa shape index (κ2) is 6.41. The average Bonchev–Trinajstić information content (AvgIpc) is 2.58. The van der Waals surface area contributed by atoms with Gasteiger partial charge in [-0.2, -0.15) is 0 Å². The highest BCUT2D eigenvalue weighted by Crippen LogP contribution is 2.27. The average molecular weight is 310 g/mol. The number of anilines is 1. The lowest BCUT2D eigenvalue weighted by Gasteiger charge is -2.26. The summed E-state index contributed by atoms with van der Waals surface area (Å²) in [5.41, 5.74) is 2.93. The third-order valence-electron chi connectivity index (χ3n) is 4.78. The van der Waals surface area contributed by atoms with Gasteiger partial charge in [0.1, 0.15) is 5.56 Å². The van der Waals surface area contributed by atoms with Crippen LogP contribution in [0.15, 0.2) is 41.2 Å². The van der Waals surface area contributed by atoms with Gasteiger partial charge >= 0.3 is 0 Å². The number of rotatable bonds is 3. The molecule has 1 aromatic carbocycles. The van der Waals surface area contributed by atoms with E-state index in [-0.39, 0.29) is 17.0 Å². The molecule has 0 saturated carbocycles. The zero-order valence-corrected chi connectivity index (χ0v) is 13.6. The Morgan fingerprint density at radius 1 is 1.30 bits per heavy atom. The van der Waals surface area contributed by atoms with Gasteiger partial charge in [-0.25, -0.2) is 0 Å². The fourth-order valence-corrected chi connectivity index (χ4v) is 3.33. The fourth-order valence-electron chi connectivity index (χ4n) is 3.33. The molecule has 1 aliphatic rings. The minimum absolute atomic E-state index is 0.216. The Hall–Kier alpha value is -2.36. The molecule has 1 amide bonds. The number of nitrogens with one attached hydrogen (secondary N) is 1. The van der Waals surface area contributed by atoms with E-state index >= 15 is 0 Å². The van der Waals surface area contributed by atoms with Crippen LogP contribution < -0.4 is 10.9 Å². The molecule has 2 aromatic rings. The van der Waals surface area contributed by atoms with Gasteiger partial charge in [-0.1, -0.05) is 31.5 Å². The Bertz CT molecular complexity index is 778. The minimum atomic E-state index is -0.335. The summed E-state index contributed by atoms with van der Waals surface area (Å²) in [6.45, 7) is 2.20. The highest BCUT2D eigenvalue weighted by Gasteiger charge is 2.23. The highest BCUT2D eigenvalue weighted by atomic mass is 16.2. The molecule has 1 aliphatic carbocycles. The Morgan fingerprint density at radius 2 is 2.04 bits per heavy atom. The molecule has 0 aliphatic heterocycles. The maximum absolute atomic E-state index is 12.5. The molecule has 1 N–H and O–H groups in total. The predicted octanol–water partition coefficient (Wildman–Crippen LogP) is 3.15. The van der Waals surface area contributed by atoms with Crippen molar-refractivity contribution in [2.45, 2.75) is 32.6 Å². The molecule has 120 valence electrons. The molecule has 0 fully saturated rings. The monoisotopic (exact) mass is 310 g/mol. The van der Waals surface area contributed by atoms with E-state index in [9.17, 15) is 9.59 Å². The summed E-state index contributed by atoms with van der Waals surface area (Å²) in [6, 6.07) is 11.0. The van der Waals surface area contributed by atoms with Gasteiger partial charge in [0.25, 0.3) is 11.5 Å². The molecule has 4 nitrogen and oxygen atoms in total. The Balaban J connectivity index is 1.95. The standard InChI is InChI=1S/C19H22N2O2/c1-3-13-9-10-17-14(11-13)12-16(19(23)21(17)2)18(22)20-15-7-5-4-6-8-15/h4-8,12-13H,3,9-11H2,1-2H3,(H,20,22). The summed E-state index contributed by atoms with van der Waals surface area (Å²) in [5, 5.41) is 2.81. The zero-order chi connectivity index (χ0) is 16.4. The van der Waals surface area contributed by atoms with Crippen LogP contribution in [-0.4, -0.2) is 10.5 Å². The van der Waals surface area contributed by atoms with E-state index in [4.69, 9.17) is 0 Å². The third-order valence-corrected chi connectivity index (χ3v) is 4.78. The topological polar surface area (TPSA) is 51.1 Å².